The highest BCUT2D eigenvalue weighted by Gasteiger charge is 2.59. The van der Waals surface area contributed by atoms with Crippen molar-refractivity contribution in [2.45, 2.75) is 163 Å². The molecule has 0 radical (unpaired) electrons. The molecule has 0 heterocycles. The number of carbonyl (C=O) groups is 2. The fourth-order valence-corrected chi connectivity index (χ4v) is 10.6. The number of unbranched alkanes of at least 4 members (excludes halogenated alkanes) is 1. The molecule has 4 aliphatic rings. The predicted molar refractivity (Wildman–Crippen MR) is 182 cm³/mol. The van der Waals surface area contributed by atoms with Gasteiger partial charge in [0, 0.05) is 25.4 Å². The third-order valence-corrected chi connectivity index (χ3v) is 12.9. The summed E-state index contributed by atoms with van der Waals surface area (Å²) in [5.74, 6) is 5.24. The molecular weight excluding hydrogens is 544 g/mol. The van der Waals surface area contributed by atoms with Crippen molar-refractivity contribution >= 4 is 11.9 Å². The van der Waals surface area contributed by atoms with Gasteiger partial charge in [0.05, 0.1) is 0 Å². The maximum Gasteiger partial charge on any atom is 0.410 e. The van der Waals surface area contributed by atoms with Crippen molar-refractivity contribution in [3.63, 3.8) is 0 Å². The molecule has 4 rings (SSSR count). The van der Waals surface area contributed by atoms with E-state index in [2.05, 4.69) is 40.7 Å². The molecule has 0 spiro atoms. The molecule has 5 heteroatoms. The van der Waals surface area contributed by atoms with Crippen LogP contribution in [0.2, 0.25) is 0 Å². The van der Waals surface area contributed by atoms with Gasteiger partial charge in [0.25, 0.3) is 0 Å². The molecule has 44 heavy (non-hydrogen) atoms. The van der Waals surface area contributed by atoms with Crippen LogP contribution in [-0.4, -0.2) is 41.5 Å². The smallest absolute Gasteiger partial charge is 0.410 e. The van der Waals surface area contributed by atoms with Gasteiger partial charge in [-0.1, -0.05) is 65.5 Å². The Kier molecular flexibility index (Phi) is 11.8. The molecule has 0 aromatic rings. The number of nitrogens with two attached hydrogens (primary N) is 1. The highest BCUT2D eigenvalue weighted by atomic mass is 16.6. The normalized spacial score (nSPS) is 34.0. The topological polar surface area (TPSA) is 72.6 Å². The Bertz CT molecular complexity index is 1010. The van der Waals surface area contributed by atoms with Crippen molar-refractivity contribution in [2.24, 2.45) is 52.1 Å². The number of ether oxygens (including phenoxy) is 1. The van der Waals surface area contributed by atoms with E-state index in [1.807, 2.05) is 25.7 Å². The molecule has 0 aliphatic heterocycles. The number of ketones is 1. The van der Waals surface area contributed by atoms with E-state index in [1.165, 1.54) is 51.4 Å². The number of amides is 1. The second-order valence-corrected chi connectivity index (χ2v) is 17.4. The Hall–Kier alpha value is -1.36. The standard InChI is InChI=1S/C39H68N2O3/c1-27(2)12-11-13-28(3)33-17-18-34-32-16-15-29-26-30(19-22-38(29,7)35(32)20-23-39(33,34)8)41(36(43)44-37(4,5)6)25-10-9-14-31(42)21-24-40/h15,27-28,30,32-35H,9-14,16-26,40H2,1-8H3/t28-,30+,32-,33?,34+,35?,38?,39?/m1/s1. The lowest BCUT2D eigenvalue weighted by molar-refractivity contribution is -0.119. The van der Waals surface area contributed by atoms with E-state index < -0.39 is 5.60 Å². The molecule has 5 nitrogen and oxygen atoms in total. The lowest BCUT2D eigenvalue weighted by Crippen LogP contribution is -2.53. The maximum absolute atomic E-state index is 13.5. The Morgan fingerprint density at radius 1 is 0.977 bits per heavy atom. The van der Waals surface area contributed by atoms with Crippen LogP contribution < -0.4 is 5.73 Å². The number of Topliss-reactive ketones (excluding diaryl/α,β-unsaturated/α-hetero) is 1. The van der Waals surface area contributed by atoms with E-state index in [4.69, 9.17) is 10.5 Å². The number of nitrogens with zero attached hydrogens (tertiary/aromatic N) is 1. The number of fused-ring (bicyclic) bond motifs is 5. The summed E-state index contributed by atoms with van der Waals surface area (Å²) in [5, 5.41) is 0. The van der Waals surface area contributed by atoms with E-state index in [0.29, 0.717) is 31.3 Å². The fraction of sp³-hybridized carbons (Fsp3) is 0.897. The van der Waals surface area contributed by atoms with Gasteiger partial charge in [0.1, 0.15) is 11.4 Å². The first kappa shape index (κ1) is 35.5. The first-order chi connectivity index (χ1) is 20.7. The second kappa shape index (κ2) is 14.6. The largest absolute Gasteiger partial charge is 0.444 e. The molecule has 252 valence electrons. The lowest BCUT2D eigenvalue weighted by Gasteiger charge is -2.59. The Balaban J connectivity index is 1.44. The van der Waals surface area contributed by atoms with Crippen molar-refractivity contribution in [3.8, 4) is 0 Å². The van der Waals surface area contributed by atoms with E-state index >= 15 is 0 Å². The third kappa shape index (κ3) is 7.95. The number of carbonyl (C=O) groups excluding carboxylic acids is 2. The van der Waals surface area contributed by atoms with Crippen molar-refractivity contribution in [1.29, 1.82) is 0 Å². The number of hydrogen-bond acceptors (Lipinski definition) is 4. The monoisotopic (exact) mass is 613 g/mol. The summed E-state index contributed by atoms with van der Waals surface area (Å²) in [7, 11) is 0. The Morgan fingerprint density at radius 3 is 2.41 bits per heavy atom. The zero-order valence-electron chi connectivity index (χ0n) is 29.9. The van der Waals surface area contributed by atoms with Gasteiger partial charge in [0.2, 0.25) is 0 Å². The van der Waals surface area contributed by atoms with Crippen LogP contribution in [0.25, 0.3) is 0 Å². The van der Waals surface area contributed by atoms with Gasteiger partial charge in [-0.15, -0.1) is 0 Å². The van der Waals surface area contributed by atoms with Gasteiger partial charge in [-0.25, -0.2) is 4.79 Å². The Morgan fingerprint density at radius 2 is 1.73 bits per heavy atom. The predicted octanol–water partition coefficient (Wildman–Crippen LogP) is 9.72. The van der Waals surface area contributed by atoms with Crippen LogP contribution in [0.15, 0.2) is 11.6 Å². The first-order valence-electron chi connectivity index (χ1n) is 18.6. The van der Waals surface area contributed by atoms with Crippen molar-refractivity contribution in [1.82, 2.24) is 4.90 Å². The summed E-state index contributed by atoms with van der Waals surface area (Å²) >= 11 is 0. The molecule has 3 saturated carbocycles. The number of hydrogen-bond donors (Lipinski definition) is 1. The van der Waals surface area contributed by atoms with E-state index in [1.54, 1.807) is 5.57 Å². The van der Waals surface area contributed by atoms with Gasteiger partial charge in [0.15, 0.2) is 0 Å². The maximum atomic E-state index is 13.5. The highest BCUT2D eigenvalue weighted by Crippen LogP contribution is 2.67. The van der Waals surface area contributed by atoms with Crippen molar-refractivity contribution < 1.29 is 14.3 Å². The number of allylic oxidation sites excluding steroid dienone is 1. The van der Waals surface area contributed by atoms with Crippen LogP contribution in [0.4, 0.5) is 4.79 Å². The zero-order chi connectivity index (χ0) is 32.3. The van der Waals surface area contributed by atoms with Crippen LogP contribution in [0, 0.1) is 46.3 Å². The molecule has 0 saturated heterocycles. The molecule has 2 N–H and O–H groups in total. The summed E-state index contributed by atoms with van der Waals surface area (Å²) in [6, 6.07) is 0.178. The van der Waals surface area contributed by atoms with Crippen LogP contribution in [-0.2, 0) is 9.53 Å². The average molecular weight is 613 g/mol. The third-order valence-electron chi connectivity index (χ3n) is 12.9. The molecular formula is C39H68N2O3. The SMILES string of the molecule is CC(C)CCC[C@@H](C)C1CC[C@H]2[C@H]3CC=C4C[C@@H](N(CCCCC(=O)CCN)C(=O)OC(C)(C)C)CCC4(C)C3CCC12C. The van der Waals surface area contributed by atoms with Crippen molar-refractivity contribution in [2.75, 3.05) is 13.1 Å². The lowest BCUT2D eigenvalue weighted by atomic mass is 9.46. The van der Waals surface area contributed by atoms with Gasteiger partial charge >= 0.3 is 6.09 Å². The minimum Gasteiger partial charge on any atom is -0.444 e. The first-order valence-corrected chi connectivity index (χ1v) is 18.6. The van der Waals surface area contributed by atoms with Crippen LogP contribution in [0.5, 0.6) is 0 Å². The summed E-state index contributed by atoms with van der Waals surface area (Å²) in [5.41, 5.74) is 7.42. The molecule has 0 aromatic heterocycles. The van der Waals surface area contributed by atoms with Gasteiger partial charge in [-0.05, 0) is 138 Å². The highest BCUT2D eigenvalue weighted by molar-refractivity contribution is 5.78. The van der Waals surface area contributed by atoms with Crippen LogP contribution >= 0.6 is 0 Å². The zero-order valence-corrected chi connectivity index (χ0v) is 29.9. The molecule has 0 bridgehead atoms. The van der Waals surface area contributed by atoms with Gasteiger partial charge < -0.3 is 15.4 Å². The summed E-state index contributed by atoms with van der Waals surface area (Å²) in [6.45, 7) is 19.5. The number of rotatable bonds is 13. The molecule has 8 atom stereocenters. The minimum atomic E-state index is -0.521. The summed E-state index contributed by atoms with van der Waals surface area (Å²) in [4.78, 5) is 27.6. The van der Waals surface area contributed by atoms with Crippen LogP contribution in [0.1, 0.15) is 152 Å². The molecule has 0 aromatic carbocycles. The van der Waals surface area contributed by atoms with Crippen molar-refractivity contribution in [3.05, 3.63) is 11.6 Å². The fourth-order valence-electron chi connectivity index (χ4n) is 10.6. The van der Waals surface area contributed by atoms with Gasteiger partial charge in [-0.3, -0.25) is 4.79 Å². The molecule has 4 aliphatic carbocycles. The van der Waals surface area contributed by atoms with E-state index in [-0.39, 0.29) is 23.3 Å². The molecule has 1 amide bonds. The minimum absolute atomic E-state index is 0.178. The summed E-state index contributed by atoms with van der Waals surface area (Å²) < 4.78 is 5.92. The van der Waals surface area contributed by atoms with E-state index in [9.17, 15) is 9.59 Å². The van der Waals surface area contributed by atoms with Crippen LogP contribution in [0.3, 0.4) is 0 Å². The Labute approximate surface area is 270 Å². The quantitative estimate of drug-likeness (QED) is 0.166. The second-order valence-electron chi connectivity index (χ2n) is 17.4. The van der Waals surface area contributed by atoms with E-state index in [0.717, 1.165) is 67.6 Å². The van der Waals surface area contributed by atoms with Gasteiger partial charge in [-0.2, -0.15) is 0 Å². The average Bonchev–Trinajstić information content (AvgIpc) is 3.29. The summed E-state index contributed by atoms with van der Waals surface area (Å²) in [6.07, 6.45) is 19.3. The molecule has 4 unspecified atom stereocenters. The molecule has 3 fully saturated rings.